The van der Waals surface area contributed by atoms with Gasteiger partial charge in [-0.25, -0.2) is 4.68 Å². The number of amides is 1. The van der Waals surface area contributed by atoms with Gasteiger partial charge in [0.25, 0.3) is 5.91 Å². The first-order valence-electron chi connectivity index (χ1n) is 9.15. The summed E-state index contributed by atoms with van der Waals surface area (Å²) in [7, 11) is 1.66. The predicted octanol–water partition coefficient (Wildman–Crippen LogP) is 4.08. The van der Waals surface area contributed by atoms with Crippen LogP contribution in [0.15, 0.2) is 54.6 Å². The number of aromatic nitrogens is 2. The maximum atomic E-state index is 13.0. The van der Waals surface area contributed by atoms with Crippen LogP contribution in [-0.2, 0) is 0 Å². The first kappa shape index (κ1) is 17.3. The lowest BCUT2D eigenvalue weighted by molar-refractivity contribution is 0.0460. The third-order valence-corrected chi connectivity index (χ3v) is 5.13. The average Bonchev–Trinajstić information content (AvgIpc) is 2.99. The number of likely N-dealkylation sites (tertiary alicyclic amines) is 1. The highest BCUT2D eigenvalue weighted by atomic mass is 16.5. The summed E-state index contributed by atoms with van der Waals surface area (Å²) in [6, 6.07) is 17.8. The summed E-state index contributed by atoms with van der Waals surface area (Å²) in [5.74, 6) is 0.884. The van der Waals surface area contributed by atoms with Gasteiger partial charge in [-0.05, 0) is 68.3 Å². The smallest absolute Gasteiger partial charge is 0.254 e. The number of benzene rings is 2. The zero-order valence-electron chi connectivity index (χ0n) is 15.8. The van der Waals surface area contributed by atoms with E-state index in [2.05, 4.69) is 11.2 Å². The molecule has 1 saturated heterocycles. The second kappa shape index (κ2) is 6.91. The van der Waals surface area contributed by atoms with Gasteiger partial charge in [-0.15, -0.1) is 0 Å². The van der Waals surface area contributed by atoms with E-state index < -0.39 is 0 Å². The van der Waals surface area contributed by atoms with Gasteiger partial charge < -0.3 is 9.64 Å². The molecule has 1 aliphatic heterocycles. The van der Waals surface area contributed by atoms with E-state index in [-0.39, 0.29) is 11.9 Å². The lowest BCUT2D eigenvalue weighted by Crippen LogP contribution is -2.45. The second-order valence-corrected chi connectivity index (χ2v) is 6.97. The van der Waals surface area contributed by atoms with Crippen LogP contribution in [0, 0.1) is 13.8 Å². The van der Waals surface area contributed by atoms with Crippen molar-refractivity contribution in [1.82, 2.24) is 14.7 Å². The maximum Gasteiger partial charge on any atom is 0.254 e. The standard InChI is InChI=1S/C22H23N3O2/c1-15-13-16(2)25(23-15)19-9-7-17(8-10-19)22(26)24-12-11-21(24)18-5-4-6-20(14-18)27-3/h4-10,13-14,21H,11-12H2,1-3H3/t21-/m0/s1. The molecule has 0 radical (unpaired) electrons. The average molecular weight is 361 g/mol. The Morgan fingerprint density at radius 2 is 1.89 bits per heavy atom. The molecule has 0 spiro atoms. The van der Waals surface area contributed by atoms with Crippen LogP contribution in [0.1, 0.15) is 39.8 Å². The van der Waals surface area contributed by atoms with Crippen LogP contribution in [-0.4, -0.2) is 34.2 Å². The van der Waals surface area contributed by atoms with E-state index >= 15 is 0 Å². The van der Waals surface area contributed by atoms with Crippen LogP contribution in [0.2, 0.25) is 0 Å². The van der Waals surface area contributed by atoms with E-state index in [1.165, 1.54) is 0 Å². The van der Waals surface area contributed by atoms with Crippen molar-refractivity contribution in [2.24, 2.45) is 0 Å². The molecular weight excluding hydrogens is 338 g/mol. The second-order valence-electron chi connectivity index (χ2n) is 6.97. The SMILES string of the molecule is COc1cccc([C@@H]2CCN2C(=O)c2ccc(-n3nc(C)cc3C)cc2)c1. The molecule has 1 aromatic heterocycles. The number of rotatable bonds is 4. The Kier molecular flexibility index (Phi) is 4.44. The zero-order valence-corrected chi connectivity index (χ0v) is 15.8. The third-order valence-electron chi connectivity index (χ3n) is 5.13. The summed E-state index contributed by atoms with van der Waals surface area (Å²) in [6.45, 7) is 4.78. The Balaban J connectivity index is 1.53. The minimum Gasteiger partial charge on any atom is -0.497 e. The summed E-state index contributed by atoms with van der Waals surface area (Å²) in [5, 5.41) is 4.49. The molecule has 0 N–H and O–H groups in total. The fourth-order valence-corrected chi connectivity index (χ4v) is 3.63. The van der Waals surface area contributed by atoms with Gasteiger partial charge in [-0.2, -0.15) is 5.10 Å². The van der Waals surface area contributed by atoms with Crippen LogP contribution >= 0.6 is 0 Å². The van der Waals surface area contributed by atoms with Crippen molar-refractivity contribution >= 4 is 5.91 Å². The number of hydrogen-bond acceptors (Lipinski definition) is 3. The molecule has 1 fully saturated rings. The molecule has 3 aromatic rings. The fraction of sp³-hybridized carbons (Fsp3) is 0.273. The minimum atomic E-state index is 0.0639. The number of ether oxygens (including phenoxy) is 1. The lowest BCUT2D eigenvalue weighted by atomic mass is 9.93. The number of aryl methyl sites for hydroxylation is 2. The Hall–Kier alpha value is -3.08. The molecule has 0 unspecified atom stereocenters. The number of carbonyl (C=O) groups is 1. The van der Waals surface area contributed by atoms with Gasteiger partial charge in [-0.1, -0.05) is 12.1 Å². The normalized spacial score (nSPS) is 16.1. The van der Waals surface area contributed by atoms with Crippen LogP contribution in [0.25, 0.3) is 5.69 Å². The molecule has 1 aliphatic rings. The van der Waals surface area contributed by atoms with Gasteiger partial charge in [0.05, 0.1) is 24.5 Å². The van der Waals surface area contributed by atoms with E-state index in [1.807, 2.05) is 72.0 Å². The summed E-state index contributed by atoms with van der Waals surface area (Å²) >= 11 is 0. The highest BCUT2D eigenvalue weighted by molar-refractivity contribution is 5.95. The van der Waals surface area contributed by atoms with Gasteiger partial charge in [-0.3, -0.25) is 4.79 Å². The predicted molar refractivity (Wildman–Crippen MR) is 104 cm³/mol. The highest BCUT2D eigenvalue weighted by Crippen LogP contribution is 2.35. The molecule has 5 nitrogen and oxygen atoms in total. The van der Waals surface area contributed by atoms with Crippen molar-refractivity contribution < 1.29 is 9.53 Å². The fourth-order valence-electron chi connectivity index (χ4n) is 3.63. The van der Waals surface area contributed by atoms with E-state index in [0.29, 0.717) is 5.56 Å². The van der Waals surface area contributed by atoms with Gasteiger partial charge in [0, 0.05) is 17.8 Å². The van der Waals surface area contributed by atoms with Gasteiger partial charge in [0.2, 0.25) is 0 Å². The van der Waals surface area contributed by atoms with Crippen molar-refractivity contribution in [1.29, 1.82) is 0 Å². The number of nitrogens with zero attached hydrogens (tertiary/aromatic N) is 3. The number of methoxy groups -OCH3 is 1. The number of carbonyl (C=O) groups excluding carboxylic acids is 1. The minimum absolute atomic E-state index is 0.0639. The molecule has 4 rings (SSSR count). The summed E-state index contributed by atoms with van der Waals surface area (Å²) in [4.78, 5) is 14.9. The number of hydrogen-bond donors (Lipinski definition) is 0. The first-order valence-corrected chi connectivity index (χ1v) is 9.15. The van der Waals surface area contributed by atoms with Gasteiger partial charge >= 0.3 is 0 Å². The Morgan fingerprint density at radius 3 is 2.48 bits per heavy atom. The van der Waals surface area contributed by atoms with Crippen molar-refractivity contribution in [3.05, 3.63) is 77.1 Å². The van der Waals surface area contributed by atoms with Crippen LogP contribution in [0.4, 0.5) is 0 Å². The Morgan fingerprint density at radius 1 is 1.11 bits per heavy atom. The topological polar surface area (TPSA) is 47.4 Å². The van der Waals surface area contributed by atoms with Crippen molar-refractivity contribution in [2.45, 2.75) is 26.3 Å². The lowest BCUT2D eigenvalue weighted by Gasteiger charge is -2.41. The van der Waals surface area contributed by atoms with Crippen molar-refractivity contribution in [3.63, 3.8) is 0 Å². The molecule has 1 amide bonds. The highest BCUT2D eigenvalue weighted by Gasteiger charge is 2.34. The van der Waals surface area contributed by atoms with E-state index in [4.69, 9.17) is 4.74 Å². The zero-order chi connectivity index (χ0) is 19.0. The maximum absolute atomic E-state index is 13.0. The van der Waals surface area contributed by atoms with Crippen LogP contribution in [0.5, 0.6) is 5.75 Å². The van der Waals surface area contributed by atoms with Crippen molar-refractivity contribution in [2.75, 3.05) is 13.7 Å². The Bertz CT molecular complexity index is 975. The molecule has 5 heteroatoms. The van der Waals surface area contributed by atoms with Crippen molar-refractivity contribution in [3.8, 4) is 11.4 Å². The summed E-state index contributed by atoms with van der Waals surface area (Å²) in [5.41, 5.74) is 4.84. The largest absolute Gasteiger partial charge is 0.497 e. The van der Waals surface area contributed by atoms with E-state index in [0.717, 1.165) is 41.4 Å². The van der Waals surface area contributed by atoms with E-state index in [1.54, 1.807) is 7.11 Å². The molecule has 2 aromatic carbocycles. The van der Waals surface area contributed by atoms with Gasteiger partial charge in [0.1, 0.15) is 5.75 Å². The molecule has 27 heavy (non-hydrogen) atoms. The molecular formula is C22H23N3O2. The molecule has 0 saturated carbocycles. The van der Waals surface area contributed by atoms with Crippen LogP contribution < -0.4 is 4.74 Å². The van der Waals surface area contributed by atoms with Gasteiger partial charge in [0.15, 0.2) is 0 Å². The molecule has 2 heterocycles. The third kappa shape index (κ3) is 3.21. The first-order chi connectivity index (χ1) is 13.1. The quantitative estimate of drug-likeness (QED) is 0.703. The summed E-state index contributed by atoms with van der Waals surface area (Å²) < 4.78 is 7.20. The molecule has 0 bridgehead atoms. The monoisotopic (exact) mass is 361 g/mol. The summed E-state index contributed by atoms with van der Waals surface area (Å²) in [6.07, 6.45) is 0.975. The molecule has 1 atom stereocenters. The molecule has 0 aliphatic carbocycles. The van der Waals surface area contributed by atoms with Crippen LogP contribution in [0.3, 0.4) is 0 Å². The van der Waals surface area contributed by atoms with E-state index in [9.17, 15) is 4.79 Å². The molecule has 138 valence electrons. The Labute approximate surface area is 159 Å².